The van der Waals surface area contributed by atoms with Crippen molar-refractivity contribution in [1.82, 2.24) is 39.9 Å². The number of hydrogen-bond acceptors (Lipinski definition) is 38. The molecule has 0 unspecified atom stereocenters. The summed E-state index contributed by atoms with van der Waals surface area (Å²) in [5.41, 5.74) is 11.4. The van der Waals surface area contributed by atoms with Crippen molar-refractivity contribution in [1.29, 1.82) is 0 Å². The lowest BCUT2D eigenvalue weighted by Gasteiger charge is -2.45. The number of anilines is 3. The van der Waals surface area contributed by atoms with Crippen molar-refractivity contribution in [2.45, 2.75) is 94.0 Å². The molecule has 126 heavy (non-hydrogen) atoms. The Kier molecular flexibility index (Phi) is 39.3. The maximum absolute atomic E-state index is 12.2. The van der Waals surface area contributed by atoms with E-state index in [0.29, 0.717) is 192 Å². The summed E-state index contributed by atoms with van der Waals surface area (Å²) >= 11 is 14.4. The van der Waals surface area contributed by atoms with Crippen LogP contribution in [0.2, 0.25) is 0 Å². The van der Waals surface area contributed by atoms with Crippen LogP contribution in [-0.2, 0) is 59.2 Å². The molecule has 3 saturated heterocycles. The lowest BCUT2D eigenvalue weighted by Crippen LogP contribution is -2.61. The van der Waals surface area contributed by atoms with Crippen LogP contribution < -0.4 is 54.3 Å². The molecule has 0 aliphatic carbocycles. The Morgan fingerprint density at radius 2 is 1.03 bits per heavy atom. The van der Waals surface area contributed by atoms with Crippen LogP contribution in [-0.4, -0.2) is 363 Å². The van der Waals surface area contributed by atoms with E-state index >= 15 is 0 Å². The van der Waals surface area contributed by atoms with Crippen molar-refractivity contribution in [3.8, 4) is 41.0 Å². The van der Waals surface area contributed by atoms with Crippen molar-refractivity contribution in [3.63, 3.8) is 0 Å². The molecule has 694 valence electrons. The summed E-state index contributed by atoms with van der Waals surface area (Å²) in [6, 6.07) is 10.6. The molecule has 3 aliphatic rings. The number of piperazine rings is 1. The normalized spacial score (nSPS) is 20.2. The molecule has 49 heteroatoms. The van der Waals surface area contributed by atoms with E-state index in [-0.39, 0.29) is 126 Å². The van der Waals surface area contributed by atoms with Crippen molar-refractivity contribution in [3.05, 3.63) is 98.7 Å². The summed E-state index contributed by atoms with van der Waals surface area (Å²) in [6.07, 6.45) is -10.1. The van der Waals surface area contributed by atoms with Gasteiger partial charge in [0.05, 0.1) is 197 Å². The van der Waals surface area contributed by atoms with Crippen LogP contribution in [0.3, 0.4) is 0 Å². The topological polar surface area (TPSA) is 579 Å². The molecule has 0 radical (unpaired) electrons. The summed E-state index contributed by atoms with van der Waals surface area (Å²) in [6.45, 7) is 8.18. The number of aliphatic hydroxyl groups excluding tert-OH is 8. The predicted molar refractivity (Wildman–Crippen MR) is 463 cm³/mol. The molecule has 13 N–H and O–H groups in total. The highest BCUT2D eigenvalue weighted by Gasteiger charge is 2.47. The summed E-state index contributed by atoms with van der Waals surface area (Å²) in [5.74, 6) is 1.39. The average Bonchev–Trinajstić information content (AvgIpc) is 1.60. The van der Waals surface area contributed by atoms with Gasteiger partial charge in [0.25, 0.3) is 10.1 Å². The lowest BCUT2D eigenvalue weighted by atomic mass is 9.99. The van der Waals surface area contributed by atoms with E-state index in [4.69, 9.17) is 95.7 Å². The maximum Gasteiger partial charge on any atom is 0.336 e. The molecule has 3 aromatic carbocycles. The van der Waals surface area contributed by atoms with E-state index in [1.807, 2.05) is 30.0 Å². The quantitative estimate of drug-likeness (QED) is 0.00487. The van der Waals surface area contributed by atoms with E-state index < -0.39 is 96.1 Å². The number of hydrogen-bond donors (Lipinski definition) is 13. The number of azide groups is 1. The molecule has 8 aromatic rings. The van der Waals surface area contributed by atoms with E-state index in [1.54, 1.807) is 12.1 Å². The van der Waals surface area contributed by atoms with Gasteiger partial charge in [0.2, 0.25) is 30.4 Å². The standard InChI is InChI=1S/C77H103Br4N15O29S/c1-45-37-57(99)121-52-38-46(6-7-47(45)52)5-2-8-83-72-88-73(84-9-18-109-20-22-111-24-26-113-27-25-112-23-21-110-19-10-87-94-82)90-75(89-72)118-17-3-13-96(14-4-36-126(106,107)108)15-11-95(12-16-96)74-91-76(119-34-30-114-28-32-116-68-48(78)39-50-58(60(68)80)53(41-85-50)122-70-66(104)64(102)62(100)55(43-97)124-70)93-77(92-74)120-35-31-115-29-33-117-69-49(79)40-51-59(61(69)81)54(42-86-51)123-71-67(105)65(103)63(101)56(44-98)125-71/h6-7,37-42,55-56,62-67,70-71,85-86,97-98,100-105H,2-5,8-36,43-44H2,1H3,(H2-,83,84,88,89,90,106,107,108)/p+1/t55-,56-,62-,63-,64+,65+,66-,67-,70-,71-/m1/s1. The second-order valence-electron chi connectivity index (χ2n) is 29.0. The minimum atomic E-state index is -4.31. The molecule has 44 nitrogen and oxygen atoms in total. The first-order chi connectivity index (χ1) is 60.9. The number of halogens is 4. The zero-order valence-corrected chi connectivity index (χ0v) is 75.8. The zero-order valence-electron chi connectivity index (χ0n) is 68.7. The van der Waals surface area contributed by atoms with E-state index in [1.165, 1.54) is 18.5 Å². The molecule has 5 aromatic heterocycles. The third kappa shape index (κ3) is 28.9. The van der Waals surface area contributed by atoms with Crippen LogP contribution in [0.5, 0.6) is 41.0 Å². The van der Waals surface area contributed by atoms with Crippen LogP contribution in [0, 0.1) is 6.92 Å². The maximum atomic E-state index is 12.2. The van der Waals surface area contributed by atoms with Gasteiger partial charge in [-0.05, 0) is 118 Å². The molecule has 3 aliphatic heterocycles. The minimum Gasteiger partial charge on any atom is -0.489 e. The van der Waals surface area contributed by atoms with Crippen LogP contribution in [0.4, 0.5) is 17.8 Å². The fraction of sp³-hybridized carbons (Fsp3) is 0.597. The Balaban J connectivity index is 0.702. The highest BCUT2D eigenvalue weighted by Crippen LogP contribution is 2.46. The monoisotopic (exact) mass is 2050 g/mol. The second kappa shape index (κ2) is 50.0. The molecule has 10 atom stereocenters. The van der Waals surface area contributed by atoms with Crippen LogP contribution in [0.15, 0.2) is 81.0 Å². The number of aliphatic hydroxyl groups is 8. The number of quaternary nitrogens is 1. The molecule has 0 bridgehead atoms. The Morgan fingerprint density at radius 1 is 0.563 bits per heavy atom. The minimum absolute atomic E-state index is 0.0401. The number of H-pyrrole nitrogens is 2. The van der Waals surface area contributed by atoms with Gasteiger partial charge in [-0.2, -0.15) is 33.3 Å². The van der Waals surface area contributed by atoms with Crippen molar-refractivity contribution in [2.24, 2.45) is 5.11 Å². The Bertz CT molecular complexity index is 4820. The van der Waals surface area contributed by atoms with Gasteiger partial charge < -0.3 is 151 Å². The fourth-order valence-electron chi connectivity index (χ4n) is 13.7. The van der Waals surface area contributed by atoms with E-state index in [0.717, 1.165) is 16.5 Å². The molecular weight excluding hydrogens is 1950 g/mol. The molecular formula is C77H104Br4N15O29S+. The van der Waals surface area contributed by atoms with Crippen molar-refractivity contribution >= 4 is 124 Å². The number of fused-ring (bicyclic) bond motifs is 3. The average molecular weight is 2060 g/mol. The van der Waals surface area contributed by atoms with Gasteiger partial charge in [0.1, 0.15) is 104 Å². The number of aromatic nitrogens is 8. The molecule has 3 fully saturated rings. The van der Waals surface area contributed by atoms with Gasteiger partial charge >= 0.3 is 23.7 Å². The number of nitrogens with zero attached hydrogens (tertiary/aromatic N) is 11. The Hall–Kier alpha value is -7.61. The van der Waals surface area contributed by atoms with E-state index in [2.05, 4.69) is 114 Å². The van der Waals surface area contributed by atoms with Crippen molar-refractivity contribution in [2.75, 3.05) is 219 Å². The summed E-state index contributed by atoms with van der Waals surface area (Å²) in [7, 11) is -4.31. The van der Waals surface area contributed by atoms with Crippen LogP contribution in [0.25, 0.3) is 43.2 Å². The molecule has 11 rings (SSSR count). The number of nitrogens with one attached hydrogen (secondary N) is 4. The van der Waals surface area contributed by atoms with Gasteiger partial charge in [0, 0.05) is 61.2 Å². The summed E-state index contributed by atoms with van der Waals surface area (Å²) < 4.78 is 136. The first-order valence-electron chi connectivity index (χ1n) is 40.6. The molecule has 0 saturated carbocycles. The fourth-order valence-corrected chi connectivity index (χ4v) is 17.3. The first-order valence-corrected chi connectivity index (χ1v) is 45.4. The highest BCUT2D eigenvalue weighted by atomic mass is 79.9. The molecule has 0 amide bonds. The zero-order chi connectivity index (χ0) is 89.5. The summed E-state index contributed by atoms with van der Waals surface area (Å²) in [4.78, 5) is 50.7. The predicted octanol–water partition coefficient (Wildman–Crippen LogP) is 4.02. The van der Waals surface area contributed by atoms with Gasteiger partial charge in [0.15, 0.2) is 0 Å². The van der Waals surface area contributed by atoms with Gasteiger partial charge in [-0.15, -0.1) is 4.98 Å². The smallest absolute Gasteiger partial charge is 0.336 e. The lowest BCUT2D eigenvalue weighted by molar-refractivity contribution is -0.928. The third-order valence-electron chi connectivity index (χ3n) is 20.2. The molecule has 8 heterocycles. The number of aryl methyl sites for hydroxylation is 2. The van der Waals surface area contributed by atoms with Gasteiger partial charge in [-0.3, -0.25) is 4.55 Å². The number of ether oxygens (including phenoxy) is 16. The SMILES string of the molecule is Cc1cc(=O)oc2cc(CCCNc3nc(NCCOCCOCCOCCOCCOCCN=[N+]=[N-])nc(OCCC[N+]4(CCCS(=O)(=O)O)CCN(c5nc(OCCOCCOc6c(Br)cc7[nH]cc(O[C@@H]8O[C@H](CO)[C@@H](O)[C@H](O)[C@H]8O)c7c6Br)nc(OCCOCCOc6c(Br)cc7[nH]cc(O[C@@H]8O[C@H](CO)[C@@H](O)[C@H](O)[C@H]8O)c7c6Br)n5)CC4)n3)ccc12. The largest absolute Gasteiger partial charge is 0.489 e. The summed E-state index contributed by atoms with van der Waals surface area (Å²) in [5, 5.41) is 94.0. The van der Waals surface area contributed by atoms with Crippen molar-refractivity contribution < 1.29 is 139 Å². The van der Waals surface area contributed by atoms with E-state index in [9.17, 15) is 58.6 Å². The third-order valence-corrected chi connectivity index (χ3v) is 23.7. The Morgan fingerprint density at radius 3 is 1.54 bits per heavy atom. The van der Waals surface area contributed by atoms with Crippen LogP contribution in [0.1, 0.15) is 30.4 Å². The number of aromatic amines is 2. The second-order valence-corrected chi connectivity index (χ2v) is 33.9. The number of rotatable bonds is 56. The van der Waals surface area contributed by atoms with Crippen LogP contribution >= 0.6 is 63.7 Å². The van der Waals surface area contributed by atoms with Gasteiger partial charge in [-0.1, -0.05) is 17.2 Å². The van der Waals surface area contributed by atoms with Gasteiger partial charge in [-0.25, -0.2) is 4.79 Å². The molecule has 0 spiro atoms. The highest BCUT2D eigenvalue weighted by molar-refractivity contribution is 9.11. The Labute approximate surface area is 755 Å². The first kappa shape index (κ1) is 99.0. The number of benzene rings is 3.